The van der Waals surface area contributed by atoms with E-state index in [1.807, 2.05) is 24.3 Å². The van der Waals surface area contributed by atoms with Crippen LogP contribution in [0.4, 0.5) is 5.69 Å². The van der Waals surface area contributed by atoms with Gasteiger partial charge >= 0.3 is 0 Å². The summed E-state index contributed by atoms with van der Waals surface area (Å²) < 4.78 is 11.1. The number of carbonyl (C=O) groups is 2. The fraction of sp³-hybridized carbons (Fsp3) is 0.222. The van der Waals surface area contributed by atoms with Crippen molar-refractivity contribution in [3.8, 4) is 5.75 Å². The van der Waals surface area contributed by atoms with Crippen LogP contribution in [0.15, 0.2) is 78.9 Å². The summed E-state index contributed by atoms with van der Waals surface area (Å²) >= 11 is 5.29. The molecule has 0 unspecified atom stereocenters. The quantitative estimate of drug-likeness (QED) is 0.490. The molecule has 8 heteroatoms. The Morgan fingerprint density at radius 2 is 1.66 bits per heavy atom. The van der Waals surface area contributed by atoms with Gasteiger partial charge in [-0.3, -0.25) is 14.9 Å². The molecule has 1 heterocycles. The van der Waals surface area contributed by atoms with E-state index < -0.39 is 0 Å². The Kier molecular flexibility index (Phi) is 8.43. The summed E-state index contributed by atoms with van der Waals surface area (Å²) in [6.45, 7) is 2.81. The van der Waals surface area contributed by atoms with Crippen molar-refractivity contribution in [2.75, 3.05) is 38.2 Å². The van der Waals surface area contributed by atoms with E-state index >= 15 is 0 Å². The summed E-state index contributed by atoms with van der Waals surface area (Å²) in [6, 6.07) is 24.0. The van der Waals surface area contributed by atoms with Gasteiger partial charge in [0.15, 0.2) is 5.11 Å². The van der Waals surface area contributed by atoms with Gasteiger partial charge in [-0.2, -0.15) is 0 Å². The minimum atomic E-state index is -0.338. The molecule has 2 N–H and O–H groups in total. The lowest BCUT2D eigenvalue weighted by Crippen LogP contribution is -2.40. The number of nitrogens with one attached hydrogen (secondary N) is 2. The molecule has 7 nitrogen and oxygen atoms in total. The van der Waals surface area contributed by atoms with Crippen LogP contribution in [0.25, 0.3) is 0 Å². The van der Waals surface area contributed by atoms with Crippen molar-refractivity contribution in [2.24, 2.45) is 0 Å². The topological polar surface area (TPSA) is 79.9 Å². The van der Waals surface area contributed by atoms with Crippen molar-refractivity contribution in [3.05, 3.63) is 95.6 Å². The molecular weight excluding hydrogens is 462 g/mol. The molecule has 2 amide bonds. The largest absolute Gasteiger partial charge is 0.493 e. The number of hydrogen-bond acceptors (Lipinski definition) is 5. The van der Waals surface area contributed by atoms with E-state index in [1.54, 1.807) is 47.4 Å². The molecule has 3 aromatic rings. The Balaban J connectivity index is 1.27. The highest BCUT2D eigenvalue weighted by atomic mass is 32.1. The van der Waals surface area contributed by atoms with Crippen LogP contribution in [0.1, 0.15) is 26.3 Å². The average molecular weight is 490 g/mol. The number of benzene rings is 3. The van der Waals surface area contributed by atoms with Crippen LogP contribution < -0.4 is 15.4 Å². The second-order valence-corrected chi connectivity index (χ2v) is 8.41. The maximum atomic E-state index is 12.7. The zero-order chi connectivity index (χ0) is 24.5. The fourth-order valence-electron chi connectivity index (χ4n) is 3.64. The van der Waals surface area contributed by atoms with Crippen LogP contribution in [0.3, 0.4) is 0 Å². The molecule has 1 aliphatic heterocycles. The highest BCUT2D eigenvalue weighted by molar-refractivity contribution is 7.80. The molecular formula is C27H27N3O4S. The minimum Gasteiger partial charge on any atom is -0.493 e. The predicted octanol–water partition coefficient (Wildman–Crippen LogP) is 3.91. The van der Waals surface area contributed by atoms with Gasteiger partial charge in [-0.25, -0.2) is 0 Å². The number of amides is 2. The first kappa shape index (κ1) is 24.4. The van der Waals surface area contributed by atoms with Gasteiger partial charge in [0.2, 0.25) is 0 Å². The average Bonchev–Trinajstić information content (AvgIpc) is 2.90. The van der Waals surface area contributed by atoms with E-state index in [9.17, 15) is 9.59 Å². The van der Waals surface area contributed by atoms with Gasteiger partial charge < -0.3 is 19.7 Å². The predicted molar refractivity (Wildman–Crippen MR) is 139 cm³/mol. The standard InChI is InChI=1S/C27H27N3O4S/c31-25(22-7-4-8-24(19-22)34-16-13-20-5-2-1-3-6-20)29-27(35)28-23-11-9-21(10-12-23)26(32)30-14-17-33-18-15-30/h1-12,19H,13-18H2,(H2,28,29,31,35). The van der Waals surface area contributed by atoms with E-state index in [0.717, 1.165) is 6.42 Å². The van der Waals surface area contributed by atoms with Gasteiger partial charge in [0.05, 0.1) is 19.8 Å². The van der Waals surface area contributed by atoms with Crippen molar-refractivity contribution in [3.63, 3.8) is 0 Å². The lowest BCUT2D eigenvalue weighted by molar-refractivity contribution is 0.0303. The Bertz CT molecular complexity index is 1160. The number of thiocarbonyl (C=S) groups is 1. The Hall–Kier alpha value is -3.75. The molecule has 0 atom stereocenters. The molecule has 0 spiro atoms. The number of anilines is 1. The number of ether oxygens (including phenoxy) is 2. The van der Waals surface area contributed by atoms with Crippen LogP contribution in [-0.4, -0.2) is 54.7 Å². The highest BCUT2D eigenvalue weighted by Gasteiger charge is 2.18. The van der Waals surface area contributed by atoms with Crippen LogP contribution in [0, 0.1) is 0 Å². The van der Waals surface area contributed by atoms with Gasteiger partial charge in [0.1, 0.15) is 5.75 Å². The van der Waals surface area contributed by atoms with Crippen molar-refractivity contribution in [1.29, 1.82) is 0 Å². The first-order valence-electron chi connectivity index (χ1n) is 11.4. The van der Waals surface area contributed by atoms with E-state index in [1.165, 1.54) is 5.56 Å². The van der Waals surface area contributed by atoms with Crippen molar-refractivity contribution in [2.45, 2.75) is 6.42 Å². The number of carbonyl (C=O) groups excluding carboxylic acids is 2. The molecule has 1 aliphatic rings. The SMILES string of the molecule is O=C(NC(=S)Nc1ccc(C(=O)N2CCOCC2)cc1)c1cccc(OCCc2ccccc2)c1. The molecule has 0 aromatic heterocycles. The summed E-state index contributed by atoms with van der Waals surface area (Å²) in [6.07, 6.45) is 0.780. The van der Waals surface area contributed by atoms with Crippen molar-refractivity contribution < 1.29 is 19.1 Å². The first-order valence-corrected chi connectivity index (χ1v) is 11.9. The minimum absolute atomic E-state index is 0.0263. The molecule has 180 valence electrons. The van der Waals surface area contributed by atoms with Crippen LogP contribution in [0.5, 0.6) is 5.75 Å². The molecule has 35 heavy (non-hydrogen) atoms. The molecule has 4 rings (SSSR count). The molecule has 0 radical (unpaired) electrons. The highest BCUT2D eigenvalue weighted by Crippen LogP contribution is 2.15. The molecule has 0 aliphatic carbocycles. The number of hydrogen-bond donors (Lipinski definition) is 2. The number of rotatable bonds is 7. The second kappa shape index (κ2) is 12.1. The van der Waals surface area contributed by atoms with Crippen molar-refractivity contribution >= 4 is 34.8 Å². The third-order valence-corrected chi connectivity index (χ3v) is 5.72. The summed E-state index contributed by atoms with van der Waals surface area (Å²) in [7, 11) is 0. The maximum absolute atomic E-state index is 12.7. The zero-order valence-corrected chi connectivity index (χ0v) is 20.1. The number of morpholine rings is 1. The molecule has 0 bridgehead atoms. The third kappa shape index (κ3) is 7.11. The van der Waals surface area contributed by atoms with Gasteiger partial charge in [0, 0.05) is 36.3 Å². The lowest BCUT2D eigenvalue weighted by Gasteiger charge is -2.26. The Morgan fingerprint density at radius 1 is 0.914 bits per heavy atom. The molecule has 3 aromatic carbocycles. The van der Waals surface area contributed by atoms with E-state index in [2.05, 4.69) is 22.8 Å². The summed E-state index contributed by atoms with van der Waals surface area (Å²) in [5, 5.41) is 5.82. The molecule has 1 saturated heterocycles. The fourth-order valence-corrected chi connectivity index (χ4v) is 3.85. The maximum Gasteiger partial charge on any atom is 0.257 e. The first-order chi connectivity index (χ1) is 17.1. The Morgan fingerprint density at radius 3 is 2.40 bits per heavy atom. The van der Waals surface area contributed by atoms with Crippen LogP contribution in [0.2, 0.25) is 0 Å². The number of nitrogens with zero attached hydrogens (tertiary/aromatic N) is 1. The monoisotopic (exact) mass is 489 g/mol. The zero-order valence-electron chi connectivity index (χ0n) is 19.2. The van der Waals surface area contributed by atoms with Gasteiger partial charge in [-0.05, 0) is 60.2 Å². The van der Waals surface area contributed by atoms with E-state index in [0.29, 0.717) is 55.5 Å². The normalized spacial score (nSPS) is 13.1. The van der Waals surface area contributed by atoms with Gasteiger partial charge in [0.25, 0.3) is 11.8 Å². The summed E-state index contributed by atoms with van der Waals surface area (Å²) in [4.78, 5) is 27.0. The van der Waals surface area contributed by atoms with Crippen LogP contribution >= 0.6 is 12.2 Å². The summed E-state index contributed by atoms with van der Waals surface area (Å²) in [5.74, 6) is 0.254. The smallest absolute Gasteiger partial charge is 0.257 e. The van der Waals surface area contributed by atoms with Gasteiger partial charge in [-0.15, -0.1) is 0 Å². The lowest BCUT2D eigenvalue weighted by atomic mass is 10.1. The molecule has 0 saturated carbocycles. The van der Waals surface area contributed by atoms with E-state index in [4.69, 9.17) is 21.7 Å². The van der Waals surface area contributed by atoms with Gasteiger partial charge in [-0.1, -0.05) is 36.4 Å². The molecule has 1 fully saturated rings. The Labute approximate surface area is 210 Å². The second-order valence-electron chi connectivity index (χ2n) is 8.00. The van der Waals surface area contributed by atoms with E-state index in [-0.39, 0.29) is 16.9 Å². The van der Waals surface area contributed by atoms with Crippen LogP contribution in [-0.2, 0) is 11.2 Å². The van der Waals surface area contributed by atoms with Crippen molar-refractivity contribution in [1.82, 2.24) is 10.2 Å². The third-order valence-electron chi connectivity index (χ3n) is 5.51. The summed E-state index contributed by atoms with van der Waals surface area (Å²) in [5.41, 5.74) is 2.90.